The first-order valence-corrected chi connectivity index (χ1v) is 9.21. The maximum Gasteiger partial charge on any atom is 0.255 e. The van der Waals surface area contributed by atoms with Crippen LogP contribution in [-0.2, 0) is 4.79 Å². The molecule has 3 N–H and O–H groups in total. The van der Waals surface area contributed by atoms with Gasteiger partial charge in [-0.3, -0.25) is 14.7 Å². The quantitative estimate of drug-likeness (QED) is 0.634. The number of amides is 2. The molecule has 28 heavy (non-hydrogen) atoms. The molecule has 2 atom stereocenters. The van der Waals surface area contributed by atoms with Crippen LogP contribution in [0.2, 0.25) is 0 Å². The van der Waals surface area contributed by atoms with Crippen LogP contribution in [0.4, 0.5) is 11.4 Å². The van der Waals surface area contributed by atoms with Crippen LogP contribution in [0.5, 0.6) is 0 Å². The molecule has 0 bridgehead atoms. The van der Waals surface area contributed by atoms with Crippen LogP contribution in [0, 0.1) is 18.8 Å². The molecule has 0 spiro atoms. The Bertz CT molecular complexity index is 1030. The smallest absolute Gasteiger partial charge is 0.255 e. The zero-order valence-corrected chi connectivity index (χ0v) is 15.7. The van der Waals surface area contributed by atoms with Crippen LogP contribution < -0.4 is 10.6 Å². The summed E-state index contributed by atoms with van der Waals surface area (Å²) in [5.74, 6) is 1.67. The van der Waals surface area contributed by atoms with E-state index in [0.29, 0.717) is 28.7 Å². The van der Waals surface area contributed by atoms with Gasteiger partial charge >= 0.3 is 0 Å². The van der Waals surface area contributed by atoms with Crippen LogP contribution >= 0.6 is 0 Å². The second-order valence-corrected chi connectivity index (χ2v) is 7.17. The van der Waals surface area contributed by atoms with Gasteiger partial charge in [0.2, 0.25) is 5.91 Å². The summed E-state index contributed by atoms with van der Waals surface area (Å²) in [6.45, 7) is 3.90. The summed E-state index contributed by atoms with van der Waals surface area (Å²) < 4.78 is 0. The molecule has 2 unspecified atom stereocenters. The van der Waals surface area contributed by atoms with Crippen molar-refractivity contribution < 1.29 is 9.59 Å². The highest BCUT2D eigenvalue weighted by Crippen LogP contribution is 2.38. The van der Waals surface area contributed by atoms with Crippen molar-refractivity contribution in [1.82, 2.24) is 15.2 Å². The van der Waals surface area contributed by atoms with E-state index in [1.807, 2.05) is 19.1 Å². The first kappa shape index (κ1) is 17.9. The minimum Gasteiger partial charge on any atom is -0.326 e. The highest BCUT2D eigenvalue weighted by molar-refractivity contribution is 6.05. The van der Waals surface area contributed by atoms with E-state index in [4.69, 9.17) is 0 Å². The Morgan fingerprint density at radius 3 is 2.46 bits per heavy atom. The van der Waals surface area contributed by atoms with Crippen molar-refractivity contribution in [2.24, 2.45) is 11.8 Å². The lowest BCUT2D eigenvalue weighted by molar-refractivity contribution is -0.117. The van der Waals surface area contributed by atoms with Gasteiger partial charge in [0.05, 0.1) is 0 Å². The maximum absolute atomic E-state index is 12.6. The Morgan fingerprint density at radius 2 is 1.82 bits per heavy atom. The molecule has 1 aliphatic carbocycles. The molecule has 0 saturated heterocycles. The van der Waals surface area contributed by atoms with Crippen LogP contribution in [0.3, 0.4) is 0 Å². The number of aromatic nitrogens is 3. The summed E-state index contributed by atoms with van der Waals surface area (Å²) >= 11 is 0. The van der Waals surface area contributed by atoms with Crippen LogP contribution in [0.1, 0.15) is 29.5 Å². The van der Waals surface area contributed by atoms with Crippen LogP contribution in [0.15, 0.2) is 48.5 Å². The van der Waals surface area contributed by atoms with Crippen LogP contribution in [-0.4, -0.2) is 27.0 Å². The SMILES string of the molecule is Cc1nc(-c2ccc(NC(=O)c3cccc(NC(=O)C4CC4C)c3)cc2)n[nH]1. The van der Waals surface area contributed by atoms with Gasteiger partial charge in [-0.2, -0.15) is 5.10 Å². The molecule has 1 aliphatic rings. The van der Waals surface area contributed by atoms with Gasteiger partial charge in [0.15, 0.2) is 5.82 Å². The number of benzene rings is 2. The molecule has 2 amide bonds. The van der Waals surface area contributed by atoms with Gasteiger partial charge in [0, 0.05) is 28.4 Å². The van der Waals surface area contributed by atoms with Crippen molar-refractivity contribution in [2.75, 3.05) is 10.6 Å². The Hall–Kier alpha value is -3.48. The molecule has 4 rings (SSSR count). The number of aromatic amines is 1. The lowest BCUT2D eigenvalue weighted by Gasteiger charge is -2.09. The second-order valence-electron chi connectivity index (χ2n) is 7.17. The van der Waals surface area contributed by atoms with E-state index in [9.17, 15) is 9.59 Å². The van der Waals surface area contributed by atoms with Crippen molar-refractivity contribution >= 4 is 23.2 Å². The molecule has 7 nitrogen and oxygen atoms in total. The summed E-state index contributed by atoms with van der Waals surface area (Å²) in [6.07, 6.45) is 0.926. The number of hydrogen-bond acceptors (Lipinski definition) is 4. The summed E-state index contributed by atoms with van der Waals surface area (Å²) in [7, 11) is 0. The number of carbonyl (C=O) groups is 2. The summed E-state index contributed by atoms with van der Waals surface area (Å²) in [6, 6.07) is 14.3. The monoisotopic (exact) mass is 375 g/mol. The third kappa shape index (κ3) is 3.93. The lowest BCUT2D eigenvalue weighted by atomic mass is 10.1. The third-order valence-electron chi connectivity index (χ3n) is 4.84. The summed E-state index contributed by atoms with van der Waals surface area (Å²) in [5, 5.41) is 12.7. The van der Waals surface area contributed by atoms with Gasteiger partial charge in [-0.05, 0) is 61.7 Å². The van der Waals surface area contributed by atoms with Crippen molar-refractivity contribution in [3.8, 4) is 11.4 Å². The molecule has 1 aromatic heterocycles. The fourth-order valence-electron chi connectivity index (χ4n) is 3.04. The molecule has 0 aliphatic heterocycles. The number of hydrogen-bond donors (Lipinski definition) is 3. The Labute approximate surface area is 162 Å². The minimum atomic E-state index is -0.239. The summed E-state index contributed by atoms with van der Waals surface area (Å²) in [5.41, 5.74) is 2.64. The van der Waals surface area contributed by atoms with Gasteiger partial charge in [-0.15, -0.1) is 0 Å². The van der Waals surface area contributed by atoms with Crippen molar-refractivity contribution in [3.05, 3.63) is 59.9 Å². The number of H-pyrrole nitrogens is 1. The number of rotatable bonds is 5. The standard InChI is InChI=1S/C21H21N5O2/c1-12-10-18(12)21(28)24-17-5-3-4-15(11-17)20(27)23-16-8-6-14(7-9-16)19-22-13(2)25-26-19/h3-9,11-12,18H,10H2,1-2H3,(H,23,27)(H,24,28)(H,22,25,26). The van der Waals surface area contributed by atoms with Crippen molar-refractivity contribution in [3.63, 3.8) is 0 Å². The number of carbonyl (C=O) groups excluding carboxylic acids is 2. The maximum atomic E-state index is 12.6. The molecular formula is C21H21N5O2. The predicted octanol–water partition coefficient (Wildman–Crippen LogP) is 3.63. The van der Waals surface area contributed by atoms with Gasteiger partial charge in [-0.25, -0.2) is 4.98 Å². The Balaban J connectivity index is 1.42. The van der Waals surface area contributed by atoms with Crippen molar-refractivity contribution in [1.29, 1.82) is 0 Å². The van der Waals surface area contributed by atoms with Crippen LogP contribution in [0.25, 0.3) is 11.4 Å². The highest BCUT2D eigenvalue weighted by atomic mass is 16.2. The number of aryl methyl sites for hydroxylation is 1. The van der Waals surface area contributed by atoms with Gasteiger partial charge in [0.1, 0.15) is 5.82 Å². The topological polar surface area (TPSA) is 99.8 Å². The van der Waals surface area contributed by atoms with E-state index in [1.165, 1.54) is 0 Å². The van der Waals surface area contributed by atoms with E-state index < -0.39 is 0 Å². The second kappa shape index (κ2) is 7.26. The van der Waals surface area contributed by atoms with E-state index in [1.54, 1.807) is 36.4 Å². The molecular weight excluding hydrogens is 354 g/mol. The molecule has 1 saturated carbocycles. The van der Waals surface area contributed by atoms with E-state index in [-0.39, 0.29) is 17.7 Å². The van der Waals surface area contributed by atoms with Gasteiger partial charge in [0.25, 0.3) is 5.91 Å². The zero-order valence-electron chi connectivity index (χ0n) is 15.7. The largest absolute Gasteiger partial charge is 0.326 e. The average molecular weight is 375 g/mol. The number of nitrogens with zero attached hydrogens (tertiary/aromatic N) is 2. The molecule has 0 radical (unpaired) electrons. The number of nitrogens with one attached hydrogen (secondary N) is 3. The van der Waals surface area contributed by atoms with E-state index in [2.05, 4.69) is 32.7 Å². The first-order chi connectivity index (χ1) is 13.5. The van der Waals surface area contributed by atoms with Crippen molar-refractivity contribution in [2.45, 2.75) is 20.3 Å². The fraction of sp³-hybridized carbons (Fsp3) is 0.238. The molecule has 2 aromatic carbocycles. The highest BCUT2D eigenvalue weighted by Gasteiger charge is 2.39. The average Bonchev–Trinajstić information content (AvgIpc) is 3.27. The lowest BCUT2D eigenvalue weighted by Crippen LogP contribution is -2.16. The molecule has 3 aromatic rings. The first-order valence-electron chi connectivity index (χ1n) is 9.21. The molecule has 7 heteroatoms. The van der Waals surface area contributed by atoms with E-state index >= 15 is 0 Å². The number of anilines is 2. The minimum absolute atomic E-state index is 0.0165. The molecule has 1 fully saturated rings. The fourth-order valence-corrected chi connectivity index (χ4v) is 3.04. The Kier molecular flexibility index (Phi) is 4.65. The third-order valence-corrected chi connectivity index (χ3v) is 4.84. The summed E-state index contributed by atoms with van der Waals surface area (Å²) in [4.78, 5) is 28.9. The molecule has 1 heterocycles. The Morgan fingerprint density at radius 1 is 1.07 bits per heavy atom. The predicted molar refractivity (Wildman–Crippen MR) is 107 cm³/mol. The van der Waals surface area contributed by atoms with Gasteiger partial charge in [-0.1, -0.05) is 13.0 Å². The normalized spacial score (nSPS) is 17.8. The van der Waals surface area contributed by atoms with E-state index in [0.717, 1.165) is 17.8 Å². The van der Waals surface area contributed by atoms with Gasteiger partial charge < -0.3 is 10.6 Å². The zero-order chi connectivity index (χ0) is 19.7. The molecule has 142 valence electrons.